The van der Waals surface area contributed by atoms with E-state index in [1.54, 1.807) is 45.9 Å². The first-order valence-electron chi connectivity index (χ1n) is 9.48. The number of nitrogens with zero attached hydrogens (tertiary/aromatic N) is 1. The van der Waals surface area contributed by atoms with Gasteiger partial charge in [-0.1, -0.05) is 25.0 Å². The molecule has 2 unspecified atom stereocenters. The van der Waals surface area contributed by atoms with E-state index in [1.165, 1.54) is 4.90 Å². The molecule has 1 aromatic rings. The molecule has 1 N–H and O–H groups in total. The highest BCUT2D eigenvalue weighted by Crippen LogP contribution is 2.38. The molecule has 2 atom stereocenters. The molecular weight excluding hydrogens is 364 g/mol. The van der Waals surface area contributed by atoms with Gasteiger partial charge in [0.1, 0.15) is 0 Å². The minimum Gasteiger partial charge on any atom is -0.278 e. The molecule has 148 valence electrons. The van der Waals surface area contributed by atoms with Gasteiger partial charge in [0.15, 0.2) is 0 Å². The fraction of sp³-hybridized carbons (Fsp3) is 0.600. The fourth-order valence-electron chi connectivity index (χ4n) is 4.06. The van der Waals surface area contributed by atoms with Gasteiger partial charge in [-0.15, -0.1) is 0 Å². The maximum absolute atomic E-state index is 12.7. The summed E-state index contributed by atoms with van der Waals surface area (Å²) in [6, 6.07) is 5.09. The van der Waals surface area contributed by atoms with E-state index in [0.29, 0.717) is 11.1 Å². The number of hydrogen-bond acceptors (Lipinski definition) is 4. The Morgan fingerprint density at radius 1 is 1.07 bits per heavy atom. The molecule has 2 amide bonds. The third kappa shape index (κ3) is 4.09. The van der Waals surface area contributed by atoms with Gasteiger partial charge in [0.2, 0.25) is 21.8 Å². The molecular formula is C20H28N2O4S. The van der Waals surface area contributed by atoms with Crippen LogP contribution < -0.4 is 4.72 Å². The van der Waals surface area contributed by atoms with Crippen molar-refractivity contribution in [3.63, 3.8) is 0 Å². The molecule has 0 spiro atoms. The van der Waals surface area contributed by atoms with Crippen LogP contribution in [0.25, 0.3) is 0 Å². The molecule has 2 fully saturated rings. The van der Waals surface area contributed by atoms with Crippen LogP contribution >= 0.6 is 0 Å². The minimum atomic E-state index is -3.69. The van der Waals surface area contributed by atoms with E-state index in [1.807, 2.05) is 0 Å². The smallest absolute Gasteiger partial charge is 0.241 e. The second kappa shape index (κ2) is 7.02. The number of rotatable bonds is 4. The Morgan fingerprint density at radius 2 is 1.63 bits per heavy atom. The first kappa shape index (κ1) is 20.0. The number of aryl methyl sites for hydroxylation is 1. The van der Waals surface area contributed by atoms with Crippen LogP contribution in [0.2, 0.25) is 0 Å². The summed E-state index contributed by atoms with van der Waals surface area (Å²) in [6.07, 6.45) is 3.52. The van der Waals surface area contributed by atoms with E-state index in [-0.39, 0.29) is 35.1 Å². The first-order chi connectivity index (χ1) is 12.5. The van der Waals surface area contributed by atoms with Crippen molar-refractivity contribution in [3.05, 3.63) is 29.3 Å². The summed E-state index contributed by atoms with van der Waals surface area (Å²) < 4.78 is 28.1. The van der Waals surface area contributed by atoms with Crippen molar-refractivity contribution in [2.75, 3.05) is 0 Å². The molecule has 1 heterocycles. The molecule has 0 aromatic heterocycles. The van der Waals surface area contributed by atoms with Crippen molar-refractivity contribution in [1.82, 2.24) is 9.62 Å². The predicted octanol–water partition coefficient (Wildman–Crippen LogP) is 2.75. The largest absolute Gasteiger partial charge is 0.278 e. The zero-order valence-electron chi connectivity index (χ0n) is 16.4. The number of hydrogen-bond donors (Lipinski definition) is 1. The summed E-state index contributed by atoms with van der Waals surface area (Å²) >= 11 is 0. The van der Waals surface area contributed by atoms with E-state index in [2.05, 4.69) is 4.72 Å². The van der Waals surface area contributed by atoms with E-state index >= 15 is 0 Å². The Kier molecular flexibility index (Phi) is 5.20. The number of benzene rings is 1. The molecule has 1 saturated heterocycles. The maximum atomic E-state index is 12.7. The highest BCUT2D eigenvalue weighted by molar-refractivity contribution is 7.89. The number of amides is 2. The third-order valence-electron chi connectivity index (χ3n) is 5.26. The van der Waals surface area contributed by atoms with Crippen molar-refractivity contribution < 1.29 is 18.0 Å². The Bertz CT molecular complexity index is 846. The zero-order chi connectivity index (χ0) is 20.0. The number of nitrogens with one attached hydrogen (secondary N) is 1. The average Bonchev–Trinajstić information content (AvgIpc) is 2.80. The third-order valence-corrected chi connectivity index (χ3v) is 7.16. The van der Waals surface area contributed by atoms with Crippen LogP contribution in [-0.2, 0) is 26.2 Å². The van der Waals surface area contributed by atoms with Gasteiger partial charge in [-0.3, -0.25) is 14.5 Å². The number of likely N-dealkylation sites (tertiary alicyclic amines) is 1. The lowest BCUT2D eigenvalue weighted by Crippen LogP contribution is -2.40. The highest BCUT2D eigenvalue weighted by Gasteiger charge is 2.47. The normalized spacial score (nSPS) is 23.6. The van der Waals surface area contributed by atoms with Crippen molar-refractivity contribution in [3.8, 4) is 0 Å². The van der Waals surface area contributed by atoms with E-state index in [0.717, 1.165) is 25.7 Å². The van der Waals surface area contributed by atoms with Crippen molar-refractivity contribution in [1.29, 1.82) is 0 Å². The second-order valence-corrected chi connectivity index (χ2v) is 10.4. The molecule has 0 bridgehead atoms. The topological polar surface area (TPSA) is 83.6 Å². The van der Waals surface area contributed by atoms with Crippen molar-refractivity contribution in [2.24, 2.45) is 11.8 Å². The van der Waals surface area contributed by atoms with Gasteiger partial charge in [0.25, 0.3) is 0 Å². The Morgan fingerprint density at radius 3 is 2.15 bits per heavy atom. The lowest BCUT2D eigenvalue weighted by atomic mass is 9.81. The molecule has 6 nitrogen and oxygen atoms in total. The van der Waals surface area contributed by atoms with Crippen LogP contribution in [0.15, 0.2) is 23.1 Å². The van der Waals surface area contributed by atoms with Gasteiger partial charge in [-0.25, -0.2) is 13.1 Å². The van der Waals surface area contributed by atoms with Crippen LogP contribution in [0.3, 0.4) is 0 Å². The van der Waals surface area contributed by atoms with Crippen LogP contribution in [-0.4, -0.2) is 30.7 Å². The van der Waals surface area contributed by atoms with Crippen LogP contribution in [0.5, 0.6) is 0 Å². The molecule has 1 aromatic carbocycles. The molecule has 1 aliphatic carbocycles. The maximum Gasteiger partial charge on any atom is 0.241 e. The SMILES string of the molecule is Cc1ccc(CN2C(=O)C3CCCCC3C2=O)cc1S(=O)(=O)NC(C)(C)C. The first-order valence-corrected chi connectivity index (χ1v) is 11.0. The summed E-state index contributed by atoms with van der Waals surface area (Å²) in [4.78, 5) is 26.8. The molecule has 0 radical (unpaired) electrons. The summed E-state index contributed by atoms with van der Waals surface area (Å²) in [6.45, 7) is 7.22. The number of imide groups is 1. The highest BCUT2D eigenvalue weighted by atomic mass is 32.2. The molecule has 1 saturated carbocycles. The number of carbonyl (C=O) groups excluding carboxylic acids is 2. The number of carbonyl (C=O) groups is 2. The van der Waals surface area contributed by atoms with E-state index < -0.39 is 15.6 Å². The summed E-state index contributed by atoms with van der Waals surface area (Å²) in [5, 5.41) is 0. The van der Waals surface area contributed by atoms with Crippen LogP contribution in [0.4, 0.5) is 0 Å². The number of fused-ring (bicyclic) bond motifs is 1. The molecule has 3 rings (SSSR count). The van der Waals surface area contributed by atoms with Crippen molar-refractivity contribution >= 4 is 21.8 Å². The van der Waals surface area contributed by atoms with Crippen LogP contribution in [0, 0.1) is 18.8 Å². The van der Waals surface area contributed by atoms with Gasteiger partial charge in [0.05, 0.1) is 23.3 Å². The Hall–Kier alpha value is -1.73. The average molecular weight is 393 g/mol. The second-order valence-electron chi connectivity index (χ2n) is 8.72. The van der Waals surface area contributed by atoms with E-state index in [9.17, 15) is 18.0 Å². The summed E-state index contributed by atoms with van der Waals surface area (Å²) in [7, 11) is -3.69. The zero-order valence-corrected chi connectivity index (χ0v) is 17.2. The summed E-state index contributed by atoms with van der Waals surface area (Å²) in [5.41, 5.74) is 0.677. The molecule has 1 aliphatic heterocycles. The monoisotopic (exact) mass is 392 g/mol. The van der Waals surface area contributed by atoms with Gasteiger partial charge < -0.3 is 0 Å². The molecule has 2 aliphatic rings. The molecule has 27 heavy (non-hydrogen) atoms. The Balaban J connectivity index is 1.87. The van der Waals surface area contributed by atoms with E-state index in [4.69, 9.17) is 0 Å². The van der Waals surface area contributed by atoms with Gasteiger partial charge in [0, 0.05) is 5.54 Å². The fourth-order valence-corrected chi connectivity index (χ4v) is 5.77. The Labute approximate surface area is 161 Å². The minimum absolute atomic E-state index is 0.109. The van der Waals surface area contributed by atoms with Gasteiger partial charge >= 0.3 is 0 Å². The molecule has 7 heteroatoms. The van der Waals surface area contributed by atoms with Crippen molar-refractivity contribution in [2.45, 2.75) is 70.4 Å². The standard InChI is InChI=1S/C20H28N2O4S/c1-13-9-10-14(11-17(13)27(25,26)21-20(2,3)4)12-22-18(23)15-7-5-6-8-16(15)19(22)24/h9-11,15-16,21H,5-8,12H2,1-4H3. The summed E-state index contributed by atoms with van der Waals surface area (Å²) in [5.74, 6) is -0.602. The predicted molar refractivity (Wildman–Crippen MR) is 102 cm³/mol. The quantitative estimate of drug-likeness (QED) is 0.799. The number of sulfonamides is 1. The van der Waals surface area contributed by atoms with Crippen LogP contribution in [0.1, 0.15) is 57.6 Å². The van der Waals surface area contributed by atoms with Gasteiger partial charge in [-0.2, -0.15) is 0 Å². The lowest BCUT2D eigenvalue weighted by Gasteiger charge is -2.22. The van der Waals surface area contributed by atoms with Gasteiger partial charge in [-0.05, 0) is 57.7 Å². The lowest BCUT2D eigenvalue weighted by molar-refractivity contribution is -0.140.